The van der Waals surface area contributed by atoms with Gasteiger partial charge in [-0.25, -0.2) is 15.0 Å². The molecule has 5 nitrogen and oxygen atoms in total. The summed E-state index contributed by atoms with van der Waals surface area (Å²) >= 11 is 1.28. The highest BCUT2D eigenvalue weighted by Crippen LogP contribution is 2.18. The third-order valence-corrected chi connectivity index (χ3v) is 2.63. The number of aromatic nitrogens is 3. The molecule has 0 saturated carbocycles. The fraction of sp³-hybridized carbons (Fsp3) is 0.250. The average Bonchev–Trinajstić information content (AvgIpc) is 2.59. The second-order valence-electron chi connectivity index (χ2n) is 2.93. The van der Waals surface area contributed by atoms with E-state index in [-0.39, 0.29) is 5.91 Å². The summed E-state index contributed by atoms with van der Waals surface area (Å²) in [5.74, 6) is -0.104. The molecule has 0 bridgehead atoms. The van der Waals surface area contributed by atoms with Gasteiger partial charge in [-0.3, -0.25) is 4.79 Å². The highest BCUT2D eigenvalue weighted by atomic mass is 32.1. The van der Waals surface area contributed by atoms with E-state index in [1.54, 1.807) is 20.3 Å². The summed E-state index contributed by atoms with van der Waals surface area (Å²) in [5, 5.41) is 0.450. The molecule has 0 aliphatic heterocycles. The lowest BCUT2D eigenvalue weighted by molar-refractivity contribution is 0.0827. The molecule has 72 valence electrons. The van der Waals surface area contributed by atoms with Gasteiger partial charge in [0.25, 0.3) is 5.91 Å². The van der Waals surface area contributed by atoms with Crippen molar-refractivity contribution >= 4 is 27.6 Å². The van der Waals surface area contributed by atoms with Gasteiger partial charge < -0.3 is 4.90 Å². The first-order valence-electron chi connectivity index (χ1n) is 3.96. The highest BCUT2D eigenvalue weighted by molar-refractivity contribution is 7.19. The largest absolute Gasteiger partial charge is 0.343 e. The lowest BCUT2D eigenvalue weighted by atomic mass is 10.5. The topological polar surface area (TPSA) is 59.0 Å². The van der Waals surface area contributed by atoms with Crippen LogP contribution < -0.4 is 0 Å². The van der Waals surface area contributed by atoms with E-state index in [2.05, 4.69) is 15.0 Å². The zero-order valence-electron chi connectivity index (χ0n) is 7.76. The van der Waals surface area contributed by atoms with Crippen LogP contribution in [0.3, 0.4) is 0 Å². The van der Waals surface area contributed by atoms with Crippen molar-refractivity contribution in [2.75, 3.05) is 14.1 Å². The van der Waals surface area contributed by atoms with E-state index in [0.717, 1.165) is 4.83 Å². The third kappa shape index (κ3) is 1.44. The van der Waals surface area contributed by atoms with Crippen molar-refractivity contribution in [2.24, 2.45) is 0 Å². The summed E-state index contributed by atoms with van der Waals surface area (Å²) < 4.78 is 0. The molecule has 0 radical (unpaired) electrons. The molecule has 0 aliphatic carbocycles. The van der Waals surface area contributed by atoms with Crippen molar-refractivity contribution in [3.63, 3.8) is 0 Å². The maximum Gasteiger partial charge on any atom is 0.282 e. The SMILES string of the molecule is CN(C)C(=O)c1nc2cncnc2s1. The molecule has 1 amide bonds. The fourth-order valence-corrected chi connectivity index (χ4v) is 1.87. The first-order valence-corrected chi connectivity index (χ1v) is 4.78. The number of nitrogens with zero attached hydrogens (tertiary/aromatic N) is 4. The van der Waals surface area contributed by atoms with E-state index >= 15 is 0 Å². The monoisotopic (exact) mass is 208 g/mol. The van der Waals surface area contributed by atoms with Crippen LogP contribution in [0.4, 0.5) is 0 Å². The van der Waals surface area contributed by atoms with Crippen LogP contribution in [0.5, 0.6) is 0 Å². The Balaban J connectivity index is 2.50. The predicted octanol–water partition coefficient (Wildman–Crippen LogP) is 0.788. The Kier molecular flexibility index (Phi) is 2.12. The molecule has 2 rings (SSSR count). The molecule has 0 saturated heterocycles. The standard InChI is InChI=1S/C8H8N4OS/c1-12(2)8(13)7-11-5-3-9-4-10-6(5)14-7/h3-4H,1-2H3. The van der Waals surface area contributed by atoms with E-state index in [4.69, 9.17) is 0 Å². The number of carbonyl (C=O) groups is 1. The molecule has 2 aromatic rings. The molecule has 0 unspecified atom stereocenters. The maximum absolute atomic E-state index is 11.5. The Bertz CT molecular complexity index is 446. The molecule has 0 N–H and O–H groups in total. The van der Waals surface area contributed by atoms with Crippen LogP contribution in [-0.2, 0) is 0 Å². The minimum atomic E-state index is -0.104. The van der Waals surface area contributed by atoms with Gasteiger partial charge in [0.1, 0.15) is 16.7 Å². The molecule has 0 aliphatic rings. The maximum atomic E-state index is 11.5. The van der Waals surface area contributed by atoms with Gasteiger partial charge in [0.15, 0.2) is 5.01 Å². The Labute approximate surface area is 84.4 Å². The van der Waals surface area contributed by atoms with Crippen molar-refractivity contribution in [1.29, 1.82) is 0 Å². The Morgan fingerprint density at radius 3 is 2.93 bits per heavy atom. The van der Waals surface area contributed by atoms with Gasteiger partial charge in [0.2, 0.25) is 0 Å². The van der Waals surface area contributed by atoms with Gasteiger partial charge in [-0.1, -0.05) is 11.3 Å². The Morgan fingerprint density at radius 2 is 2.29 bits per heavy atom. The molecule has 0 atom stereocenters. The second-order valence-corrected chi connectivity index (χ2v) is 3.91. The normalized spacial score (nSPS) is 10.4. The number of hydrogen-bond acceptors (Lipinski definition) is 5. The lowest BCUT2D eigenvalue weighted by Crippen LogP contribution is -2.21. The lowest BCUT2D eigenvalue weighted by Gasteiger charge is -2.05. The van der Waals surface area contributed by atoms with Crippen LogP contribution in [0.25, 0.3) is 10.3 Å². The molecular formula is C8H8N4OS. The van der Waals surface area contributed by atoms with Crippen LogP contribution in [0.2, 0.25) is 0 Å². The molecule has 0 fully saturated rings. The van der Waals surface area contributed by atoms with Crippen LogP contribution >= 0.6 is 11.3 Å². The molecule has 6 heteroatoms. The van der Waals surface area contributed by atoms with Crippen LogP contribution in [0, 0.1) is 0 Å². The summed E-state index contributed by atoms with van der Waals surface area (Å²) in [5.41, 5.74) is 0.669. The summed E-state index contributed by atoms with van der Waals surface area (Å²) in [6.07, 6.45) is 3.05. The van der Waals surface area contributed by atoms with E-state index in [1.165, 1.54) is 22.6 Å². The number of carbonyl (C=O) groups excluding carboxylic acids is 1. The van der Waals surface area contributed by atoms with Gasteiger partial charge in [-0.05, 0) is 0 Å². The van der Waals surface area contributed by atoms with Gasteiger partial charge in [-0.2, -0.15) is 0 Å². The Morgan fingerprint density at radius 1 is 1.50 bits per heavy atom. The molecule has 0 aromatic carbocycles. The van der Waals surface area contributed by atoms with Crippen molar-refractivity contribution in [2.45, 2.75) is 0 Å². The van der Waals surface area contributed by atoms with E-state index < -0.39 is 0 Å². The predicted molar refractivity (Wildman–Crippen MR) is 53.2 cm³/mol. The summed E-state index contributed by atoms with van der Waals surface area (Å²) in [4.78, 5) is 25.8. The number of amides is 1. The van der Waals surface area contributed by atoms with Gasteiger partial charge in [0, 0.05) is 14.1 Å². The van der Waals surface area contributed by atoms with E-state index in [0.29, 0.717) is 10.5 Å². The van der Waals surface area contributed by atoms with E-state index in [1.807, 2.05) is 0 Å². The first-order chi connectivity index (χ1) is 6.68. The zero-order valence-corrected chi connectivity index (χ0v) is 8.58. The Hall–Kier alpha value is -1.56. The smallest absolute Gasteiger partial charge is 0.282 e. The zero-order chi connectivity index (χ0) is 10.1. The van der Waals surface area contributed by atoms with Crippen LogP contribution in [0.15, 0.2) is 12.5 Å². The minimum absolute atomic E-state index is 0.104. The minimum Gasteiger partial charge on any atom is -0.343 e. The van der Waals surface area contributed by atoms with Crippen LogP contribution in [0.1, 0.15) is 9.80 Å². The summed E-state index contributed by atoms with van der Waals surface area (Å²) in [7, 11) is 3.39. The van der Waals surface area contributed by atoms with E-state index in [9.17, 15) is 4.79 Å². The molecule has 0 spiro atoms. The third-order valence-electron chi connectivity index (χ3n) is 1.66. The first kappa shape index (κ1) is 9.01. The number of fused-ring (bicyclic) bond motifs is 1. The number of rotatable bonds is 1. The summed E-state index contributed by atoms with van der Waals surface area (Å²) in [6.45, 7) is 0. The molecule has 2 heterocycles. The number of hydrogen-bond donors (Lipinski definition) is 0. The molecule has 2 aromatic heterocycles. The van der Waals surface area contributed by atoms with Gasteiger partial charge in [0.05, 0.1) is 6.20 Å². The highest BCUT2D eigenvalue weighted by Gasteiger charge is 2.14. The van der Waals surface area contributed by atoms with Crippen molar-refractivity contribution in [3.8, 4) is 0 Å². The average molecular weight is 208 g/mol. The summed E-state index contributed by atoms with van der Waals surface area (Å²) in [6, 6.07) is 0. The van der Waals surface area contributed by atoms with Gasteiger partial charge in [-0.15, -0.1) is 0 Å². The van der Waals surface area contributed by atoms with Crippen molar-refractivity contribution in [1.82, 2.24) is 19.9 Å². The van der Waals surface area contributed by atoms with Gasteiger partial charge >= 0.3 is 0 Å². The molecular weight excluding hydrogens is 200 g/mol. The van der Waals surface area contributed by atoms with Crippen molar-refractivity contribution in [3.05, 3.63) is 17.5 Å². The molecule has 14 heavy (non-hydrogen) atoms. The number of thiazole rings is 1. The van der Waals surface area contributed by atoms with Crippen LogP contribution in [-0.4, -0.2) is 39.9 Å². The second kappa shape index (κ2) is 3.30. The fourth-order valence-electron chi connectivity index (χ4n) is 0.973. The quantitative estimate of drug-likeness (QED) is 0.695. The van der Waals surface area contributed by atoms with Crippen molar-refractivity contribution < 1.29 is 4.79 Å².